The van der Waals surface area contributed by atoms with E-state index in [2.05, 4.69) is 16.8 Å². The second kappa shape index (κ2) is 11.3. The Labute approximate surface area is 189 Å². The second-order valence-corrected chi connectivity index (χ2v) is 9.93. The van der Waals surface area contributed by atoms with Crippen molar-refractivity contribution >= 4 is 21.9 Å². The smallest absolute Gasteiger partial charge is 0.307 e. The number of nitrogens with zero attached hydrogens (tertiary/aromatic N) is 3. The number of sulfonamides is 1. The lowest BCUT2D eigenvalue weighted by atomic mass is 10.2. The third-order valence-corrected chi connectivity index (χ3v) is 7.89. The summed E-state index contributed by atoms with van der Waals surface area (Å²) in [7, 11) is -3.70. The average Bonchev–Trinajstić information content (AvgIpc) is 3.47. The molecule has 1 atom stereocenters. The molecule has 0 spiro atoms. The fourth-order valence-corrected chi connectivity index (χ4v) is 5.66. The number of H-pyrrole nitrogens is 1. The number of ether oxygens (including phenoxy) is 2. The molecule has 1 aromatic heterocycles. The molecule has 1 amide bonds. The van der Waals surface area contributed by atoms with Crippen LogP contribution in [0.15, 0.2) is 17.2 Å². The van der Waals surface area contributed by atoms with Gasteiger partial charge in [-0.15, -0.1) is 0 Å². The number of carbonyl (C=O) groups excluding carboxylic acids is 2. The van der Waals surface area contributed by atoms with Crippen molar-refractivity contribution < 1.29 is 27.5 Å². The highest BCUT2D eigenvalue weighted by Gasteiger charge is 2.31. The van der Waals surface area contributed by atoms with Gasteiger partial charge in [0.25, 0.3) is 5.91 Å². The van der Waals surface area contributed by atoms with Crippen LogP contribution < -0.4 is 0 Å². The third kappa shape index (κ3) is 5.89. The van der Waals surface area contributed by atoms with Crippen molar-refractivity contribution in [1.29, 1.82) is 0 Å². The van der Waals surface area contributed by atoms with Gasteiger partial charge in [-0.25, -0.2) is 8.42 Å². The summed E-state index contributed by atoms with van der Waals surface area (Å²) in [5.74, 6) is -0.674. The SMILES string of the molecule is CCOC(=O)CCN(CC1CCCN1CC)C(=O)c1cc(S(=O)(=O)N2CCOCC2)c[nH]1. The molecule has 2 fully saturated rings. The van der Waals surface area contributed by atoms with E-state index in [-0.39, 0.29) is 54.6 Å². The maximum Gasteiger partial charge on any atom is 0.307 e. The number of esters is 1. The Bertz CT molecular complexity index is 881. The van der Waals surface area contributed by atoms with Gasteiger partial charge >= 0.3 is 5.97 Å². The van der Waals surface area contributed by atoms with E-state index in [1.807, 2.05) is 0 Å². The molecule has 0 saturated carbocycles. The summed E-state index contributed by atoms with van der Waals surface area (Å²) < 4.78 is 37.4. The van der Waals surface area contributed by atoms with Crippen molar-refractivity contribution in [1.82, 2.24) is 19.1 Å². The number of amides is 1. The van der Waals surface area contributed by atoms with E-state index in [1.54, 1.807) is 11.8 Å². The van der Waals surface area contributed by atoms with Gasteiger partial charge in [-0.05, 0) is 38.9 Å². The minimum Gasteiger partial charge on any atom is -0.466 e. The number of hydrogen-bond acceptors (Lipinski definition) is 7. The summed E-state index contributed by atoms with van der Waals surface area (Å²) in [6.07, 6.45) is 3.51. The van der Waals surface area contributed by atoms with Crippen molar-refractivity contribution in [2.75, 3.05) is 59.1 Å². The normalized spacial score (nSPS) is 20.4. The van der Waals surface area contributed by atoms with E-state index < -0.39 is 10.0 Å². The highest BCUT2D eigenvalue weighted by molar-refractivity contribution is 7.89. The maximum absolute atomic E-state index is 13.3. The van der Waals surface area contributed by atoms with Crippen LogP contribution in [0.3, 0.4) is 0 Å². The number of hydrogen-bond donors (Lipinski definition) is 1. The minimum absolute atomic E-state index is 0.0594. The highest BCUT2D eigenvalue weighted by Crippen LogP contribution is 2.21. The maximum atomic E-state index is 13.3. The number of aromatic amines is 1. The van der Waals surface area contributed by atoms with Gasteiger partial charge in [-0.1, -0.05) is 6.92 Å². The summed E-state index contributed by atoms with van der Waals surface area (Å²) in [4.78, 5) is 32.1. The Hall–Kier alpha value is -1.95. The first-order chi connectivity index (χ1) is 15.4. The van der Waals surface area contributed by atoms with Gasteiger partial charge in [0.05, 0.1) is 26.2 Å². The van der Waals surface area contributed by atoms with Crippen LogP contribution >= 0.6 is 0 Å². The van der Waals surface area contributed by atoms with E-state index in [0.29, 0.717) is 26.4 Å². The van der Waals surface area contributed by atoms with Crippen molar-refractivity contribution in [3.63, 3.8) is 0 Å². The number of nitrogens with one attached hydrogen (secondary N) is 1. The molecule has 180 valence electrons. The number of carbonyl (C=O) groups is 2. The van der Waals surface area contributed by atoms with Gasteiger partial charge in [0, 0.05) is 38.4 Å². The molecular formula is C21H34N4O6S. The molecule has 2 aliphatic rings. The molecule has 2 saturated heterocycles. The summed E-state index contributed by atoms with van der Waals surface area (Å²) in [5.41, 5.74) is 0.196. The molecule has 1 N–H and O–H groups in total. The molecule has 0 radical (unpaired) electrons. The highest BCUT2D eigenvalue weighted by atomic mass is 32.2. The molecule has 3 heterocycles. The van der Waals surface area contributed by atoms with Crippen molar-refractivity contribution in [3.05, 3.63) is 18.0 Å². The number of likely N-dealkylation sites (tertiary alicyclic amines) is 1. The molecule has 32 heavy (non-hydrogen) atoms. The van der Waals surface area contributed by atoms with Gasteiger partial charge in [0.2, 0.25) is 10.0 Å². The summed E-state index contributed by atoms with van der Waals surface area (Å²) in [6.45, 7) is 8.00. The average molecular weight is 471 g/mol. The molecule has 2 aliphatic heterocycles. The fraction of sp³-hybridized carbons (Fsp3) is 0.714. The molecule has 0 aromatic carbocycles. The Morgan fingerprint density at radius 3 is 2.69 bits per heavy atom. The third-order valence-electron chi connectivity index (χ3n) is 6.01. The van der Waals surface area contributed by atoms with Gasteiger partial charge in [0.1, 0.15) is 10.6 Å². The molecule has 0 bridgehead atoms. The van der Waals surface area contributed by atoms with E-state index in [1.165, 1.54) is 16.6 Å². The lowest BCUT2D eigenvalue weighted by Crippen LogP contribution is -2.44. The van der Waals surface area contributed by atoms with Crippen LogP contribution in [0.1, 0.15) is 43.6 Å². The van der Waals surface area contributed by atoms with Crippen LogP contribution in [-0.2, 0) is 24.3 Å². The first-order valence-corrected chi connectivity index (χ1v) is 12.8. The number of rotatable bonds is 10. The monoisotopic (exact) mass is 470 g/mol. The second-order valence-electron chi connectivity index (χ2n) is 8.00. The van der Waals surface area contributed by atoms with Gasteiger partial charge in [-0.3, -0.25) is 14.5 Å². The zero-order chi connectivity index (χ0) is 23.1. The Morgan fingerprint density at radius 2 is 2.00 bits per heavy atom. The zero-order valence-electron chi connectivity index (χ0n) is 18.9. The largest absolute Gasteiger partial charge is 0.466 e. The molecule has 3 rings (SSSR count). The van der Waals surface area contributed by atoms with Crippen molar-refractivity contribution in [2.24, 2.45) is 0 Å². The first kappa shape index (κ1) is 24.7. The Kier molecular flexibility index (Phi) is 8.69. The molecule has 1 aromatic rings. The van der Waals surface area contributed by atoms with Crippen LogP contribution in [0.5, 0.6) is 0 Å². The number of likely N-dealkylation sites (N-methyl/N-ethyl adjacent to an activating group) is 1. The predicted octanol–water partition coefficient (Wildman–Crippen LogP) is 0.915. The van der Waals surface area contributed by atoms with Gasteiger partial charge in [-0.2, -0.15) is 4.31 Å². The quantitative estimate of drug-likeness (QED) is 0.506. The summed E-state index contributed by atoms with van der Waals surface area (Å²) in [6, 6.07) is 1.61. The topological polar surface area (TPSA) is 112 Å². The summed E-state index contributed by atoms with van der Waals surface area (Å²) in [5, 5.41) is 0. The van der Waals surface area contributed by atoms with Gasteiger partial charge in [0.15, 0.2) is 0 Å². The zero-order valence-corrected chi connectivity index (χ0v) is 19.7. The molecule has 10 nitrogen and oxygen atoms in total. The number of aromatic nitrogens is 1. The summed E-state index contributed by atoms with van der Waals surface area (Å²) >= 11 is 0. The molecule has 0 aliphatic carbocycles. The predicted molar refractivity (Wildman–Crippen MR) is 118 cm³/mol. The minimum atomic E-state index is -3.70. The van der Waals surface area contributed by atoms with Crippen molar-refractivity contribution in [2.45, 2.75) is 44.0 Å². The molecular weight excluding hydrogens is 436 g/mol. The van der Waals surface area contributed by atoms with Crippen LogP contribution in [0.2, 0.25) is 0 Å². The van der Waals surface area contributed by atoms with Crippen LogP contribution in [-0.4, -0.2) is 105 Å². The van der Waals surface area contributed by atoms with Crippen LogP contribution in [0.4, 0.5) is 0 Å². The Balaban J connectivity index is 1.75. The molecule has 11 heteroatoms. The lowest BCUT2D eigenvalue weighted by Gasteiger charge is -2.30. The van der Waals surface area contributed by atoms with Crippen LogP contribution in [0, 0.1) is 0 Å². The van der Waals surface area contributed by atoms with E-state index in [9.17, 15) is 18.0 Å². The van der Waals surface area contributed by atoms with Crippen LogP contribution in [0.25, 0.3) is 0 Å². The lowest BCUT2D eigenvalue weighted by molar-refractivity contribution is -0.143. The van der Waals surface area contributed by atoms with Crippen molar-refractivity contribution in [3.8, 4) is 0 Å². The Morgan fingerprint density at radius 1 is 1.25 bits per heavy atom. The number of morpholine rings is 1. The van der Waals surface area contributed by atoms with E-state index in [0.717, 1.165) is 25.9 Å². The molecule has 1 unspecified atom stereocenters. The standard InChI is InChI=1S/C21H34N4O6S/c1-3-23-8-5-6-17(23)16-24(9-7-20(26)31-4-2)21(27)19-14-18(15-22-19)32(28,29)25-10-12-30-13-11-25/h14-15,17,22H,3-13,16H2,1-2H3. The van der Waals surface area contributed by atoms with E-state index >= 15 is 0 Å². The van der Waals surface area contributed by atoms with E-state index in [4.69, 9.17) is 9.47 Å². The first-order valence-electron chi connectivity index (χ1n) is 11.3. The fourth-order valence-electron chi connectivity index (χ4n) is 4.26. The van der Waals surface area contributed by atoms with Gasteiger partial charge < -0.3 is 19.4 Å².